The van der Waals surface area contributed by atoms with Crippen LogP contribution in [0.3, 0.4) is 0 Å². The lowest BCUT2D eigenvalue weighted by atomic mass is 10.1. The van der Waals surface area contributed by atoms with Crippen LogP contribution in [-0.2, 0) is 11.3 Å². The number of aromatic amines is 1. The third kappa shape index (κ3) is 3.29. The van der Waals surface area contributed by atoms with Gasteiger partial charge in [-0.15, -0.1) is 0 Å². The van der Waals surface area contributed by atoms with Gasteiger partial charge in [0, 0.05) is 5.52 Å². The van der Waals surface area contributed by atoms with Crippen LogP contribution >= 0.6 is 0 Å². The lowest BCUT2D eigenvalue weighted by molar-refractivity contribution is 0.0471. The predicted octanol–water partition coefficient (Wildman–Crippen LogP) is 3.33. The smallest absolute Gasteiger partial charge is 0.338 e. The molecule has 3 rings (SSSR count). The van der Waals surface area contributed by atoms with E-state index in [-0.39, 0.29) is 17.7 Å². The van der Waals surface area contributed by atoms with E-state index in [9.17, 15) is 14.0 Å². The maximum Gasteiger partial charge on any atom is 0.338 e. The zero-order valence-electron chi connectivity index (χ0n) is 12.4. The van der Waals surface area contributed by atoms with E-state index in [1.807, 2.05) is 25.1 Å². The first-order chi connectivity index (χ1) is 11.0. The van der Waals surface area contributed by atoms with Gasteiger partial charge in [0.25, 0.3) is 5.56 Å². The summed E-state index contributed by atoms with van der Waals surface area (Å²) in [5.74, 6) is -1.03. The Hall–Kier alpha value is -2.95. The van der Waals surface area contributed by atoms with Gasteiger partial charge < -0.3 is 9.72 Å². The minimum Gasteiger partial charge on any atom is -0.457 e. The molecule has 0 atom stereocenters. The van der Waals surface area contributed by atoms with Gasteiger partial charge in [0.15, 0.2) is 0 Å². The molecule has 0 aliphatic heterocycles. The fourth-order valence-electron chi connectivity index (χ4n) is 2.29. The third-order valence-electron chi connectivity index (χ3n) is 3.52. The first-order valence-electron chi connectivity index (χ1n) is 7.08. The monoisotopic (exact) mass is 311 g/mol. The fraction of sp³-hybridized carbons (Fsp3) is 0.111. The highest BCUT2D eigenvalue weighted by atomic mass is 19.1. The fourth-order valence-corrected chi connectivity index (χ4v) is 2.29. The number of fused-ring (bicyclic) bond motifs is 1. The first kappa shape index (κ1) is 15.0. The molecule has 0 unspecified atom stereocenters. The highest BCUT2D eigenvalue weighted by Gasteiger charge is 2.10. The lowest BCUT2D eigenvalue weighted by Gasteiger charge is -2.06. The van der Waals surface area contributed by atoms with E-state index in [0.717, 1.165) is 16.5 Å². The molecule has 0 radical (unpaired) electrons. The standard InChI is InChI=1S/C18H14FNO3/c1-11-2-7-16-13(8-11)9-14(17(21)20-16)10-23-18(22)12-3-5-15(19)6-4-12/h2-9H,10H2,1H3,(H,20,21). The highest BCUT2D eigenvalue weighted by molar-refractivity contribution is 5.89. The second-order valence-corrected chi connectivity index (χ2v) is 5.30. The maximum absolute atomic E-state index is 12.8. The number of aromatic nitrogens is 1. The normalized spacial score (nSPS) is 10.7. The van der Waals surface area contributed by atoms with E-state index in [1.165, 1.54) is 24.3 Å². The Morgan fingerprint density at radius 3 is 2.61 bits per heavy atom. The van der Waals surface area contributed by atoms with Gasteiger partial charge in [-0.05, 0) is 54.8 Å². The SMILES string of the molecule is Cc1ccc2[nH]c(=O)c(COC(=O)c3ccc(F)cc3)cc2c1. The molecule has 0 fully saturated rings. The van der Waals surface area contributed by atoms with Crippen LogP contribution < -0.4 is 5.56 Å². The molecule has 1 heterocycles. The number of halogens is 1. The summed E-state index contributed by atoms with van der Waals surface area (Å²) in [7, 11) is 0. The predicted molar refractivity (Wildman–Crippen MR) is 84.8 cm³/mol. The Labute approximate surface area is 131 Å². The first-order valence-corrected chi connectivity index (χ1v) is 7.08. The molecule has 0 saturated carbocycles. The van der Waals surface area contributed by atoms with Gasteiger partial charge in [0.05, 0.1) is 11.1 Å². The zero-order valence-corrected chi connectivity index (χ0v) is 12.4. The molecular formula is C18H14FNO3. The Kier molecular flexibility index (Phi) is 3.93. The summed E-state index contributed by atoms with van der Waals surface area (Å²) in [6.07, 6.45) is 0. The van der Waals surface area contributed by atoms with Crippen molar-refractivity contribution in [3.8, 4) is 0 Å². The van der Waals surface area contributed by atoms with E-state index >= 15 is 0 Å². The average molecular weight is 311 g/mol. The number of H-pyrrole nitrogens is 1. The topological polar surface area (TPSA) is 59.2 Å². The van der Waals surface area contributed by atoms with Crippen LogP contribution in [0.15, 0.2) is 53.3 Å². The van der Waals surface area contributed by atoms with Crippen LogP contribution in [0.2, 0.25) is 0 Å². The number of carbonyl (C=O) groups is 1. The second-order valence-electron chi connectivity index (χ2n) is 5.30. The minimum atomic E-state index is -0.603. The second kappa shape index (κ2) is 6.04. The van der Waals surface area contributed by atoms with Crippen molar-refractivity contribution in [1.82, 2.24) is 4.98 Å². The Bertz CT molecular complexity index is 929. The van der Waals surface area contributed by atoms with E-state index < -0.39 is 11.8 Å². The van der Waals surface area contributed by atoms with Crippen LogP contribution in [0.1, 0.15) is 21.5 Å². The molecule has 0 bridgehead atoms. The van der Waals surface area contributed by atoms with Gasteiger partial charge in [0.2, 0.25) is 0 Å². The molecule has 0 amide bonds. The van der Waals surface area contributed by atoms with Gasteiger partial charge in [-0.3, -0.25) is 4.79 Å². The zero-order chi connectivity index (χ0) is 16.4. The number of nitrogens with one attached hydrogen (secondary N) is 1. The highest BCUT2D eigenvalue weighted by Crippen LogP contribution is 2.14. The lowest BCUT2D eigenvalue weighted by Crippen LogP contribution is -2.15. The average Bonchev–Trinajstić information content (AvgIpc) is 2.53. The number of hydrogen-bond donors (Lipinski definition) is 1. The number of esters is 1. The minimum absolute atomic E-state index is 0.143. The molecule has 0 aliphatic rings. The molecule has 3 aromatic rings. The quantitative estimate of drug-likeness (QED) is 0.755. The van der Waals surface area contributed by atoms with Crippen molar-refractivity contribution in [2.45, 2.75) is 13.5 Å². The van der Waals surface area contributed by atoms with Crippen molar-refractivity contribution in [1.29, 1.82) is 0 Å². The summed E-state index contributed by atoms with van der Waals surface area (Å²) in [4.78, 5) is 26.7. The van der Waals surface area contributed by atoms with E-state index in [2.05, 4.69) is 4.98 Å². The number of aryl methyl sites for hydroxylation is 1. The molecule has 5 heteroatoms. The molecule has 23 heavy (non-hydrogen) atoms. The van der Waals surface area contributed by atoms with Crippen molar-refractivity contribution in [3.05, 3.63) is 81.4 Å². The van der Waals surface area contributed by atoms with Gasteiger partial charge in [-0.1, -0.05) is 11.6 Å². The number of carbonyl (C=O) groups excluding carboxylic acids is 1. The number of benzene rings is 2. The molecule has 4 nitrogen and oxygen atoms in total. The Morgan fingerprint density at radius 1 is 1.13 bits per heavy atom. The summed E-state index contributed by atoms with van der Waals surface area (Å²) in [6.45, 7) is 1.81. The van der Waals surface area contributed by atoms with Gasteiger partial charge in [-0.2, -0.15) is 0 Å². The third-order valence-corrected chi connectivity index (χ3v) is 3.52. The van der Waals surface area contributed by atoms with Crippen molar-refractivity contribution in [2.24, 2.45) is 0 Å². The largest absolute Gasteiger partial charge is 0.457 e. The van der Waals surface area contributed by atoms with Crippen molar-refractivity contribution in [2.75, 3.05) is 0 Å². The van der Waals surface area contributed by atoms with Gasteiger partial charge >= 0.3 is 5.97 Å². The number of hydrogen-bond acceptors (Lipinski definition) is 3. The molecule has 0 aliphatic carbocycles. The van der Waals surface area contributed by atoms with Crippen molar-refractivity contribution in [3.63, 3.8) is 0 Å². The summed E-state index contributed by atoms with van der Waals surface area (Å²) >= 11 is 0. The Morgan fingerprint density at radius 2 is 1.87 bits per heavy atom. The van der Waals surface area contributed by atoms with Gasteiger partial charge in [0.1, 0.15) is 12.4 Å². The van der Waals surface area contributed by atoms with Crippen LogP contribution in [0.4, 0.5) is 4.39 Å². The summed E-state index contributed by atoms with van der Waals surface area (Å²) < 4.78 is 18.0. The number of ether oxygens (including phenoxy) is 1. The summed E-state index contributed by atoms with van der Waals surface area (Å²) in [5.41, 5.74) is 2.10. The molecule has 2 aromatic carbocycles. The number of rotatable bonds is 3. The molecule has 0 saturated heterocycles. The van der Waals surface area contributed by atoms with E-state index in [0.29, 0.717) is 5.56 Å². The summed E-state index contributed by atoms with van der Waals surface area (Å²) in [5, 5.41) is 0.873. The Balaban J connectivity index is 1.81. The van der Waals surface area contributed by atoms with E-state index in [4.69, 9.17) is 4.74 Å². The van der Waals surface area contributed by atoms with Crippen LogP contribution in [0.5, 0.6) is 0 Å². The van der Waals surface area contributed by atoms with Crippen molar-refractivity contribution < 1.29 is 13.9 Å². The summed E-state index contributed by atoms with van der Waals surface area (Å²) in [6, 6.07) is 12.4. The molecule has 1 N–H and O–H groups in total. The van der Waals surface area contributed by atoms with Crippen LogP contribution in [0.25, 0.3) is 10.9 Å². The van der Waals surface area contributed by atoms with Crippen LogP contribution in [-0.4, -0.2) is 11.0 Å². The number of pyridine rings is 1. The maximum atomic E-state index is 12.8. The molecule has 116 valence electrons. The molecular weight excluding hydrogens is 297 g/mol. The van der Waals surface area contributed by atoms with Crippen molar-refractivity contribution >= 4 is 16.9 Å². The molecule has 1 aromatic heterocycles. The van der Waals surface area contributed by atoms with Crippen LogP contribution in [0, 0.1) is 12.7 Å². The molecule has 0 spiro atoms. The van der Waals surface area contributed by atoms with Gasteiger partial charge in [-0.25, -0.2) is 9.18 Å². The van der Waals surface area contributed by atoms with E-state index in [1.54, 1.807) is 6.07 Å².